The van der Waals surface area contributed by atoms with Crippen LogP contribution in [0.1, 0.15) is 26.3 Å². The highest BCUT2D eigenvalue weighted by molar-refractivity contribution is 5.83. The summed E-state index contributed by atoms with van der Waals surface area (Å²) in [5, 5.41) is 2.51. The highest BCUT2D eigenvalue weighted by atomic mass is 16.6. The molecule has 1 rings (SSSR count). The van der Waals surface area contributed by atoms with Crippen molar-refractivity contribution in [3.63, 3.8) is 0 Å². The number of hydrogen-bond acceptors (Lipinski definition) is 3. The summed E-state index contributed by atoms with van der Waals surface area (Å²) in [6, 6.07) is 3.28. The first kappa shape index (κ1) is 12.1. The van der Waals surface area contributed by atoms with Crippen LogP contribution in [0.4, 0.5) is 10.6 Å². The van der Waals surface area contributed by atoms with Crippen LogP contribution in [-0.2, 0) is 4.74 Å². The maximum absolute atomic E-state index is 11.4. The number of anilines is 1. The zero-order valence-electron chi connectivity index (χ0n) is 9.57. The van der Waals surface area contributed by atoms with Gasteiger partial charge in [0, 0.05) is 11.8 Å². The normalized spacial score (nSPS) is 10.4. The molecule has 1 aromatic heterocycles. The van der Waals surface area contributed by atoms with Gasteiger partial charge in [-0.1, -0.05) is 5.92 Å². The molecule has 0 bridgehead atoms. The Morgan fingerprint density at radius 1 is 1.56 bits per heavy atom. The van der Waals surface area contributed by atoms with Gasteiger partial charge in [0.25, 0.3) is 0 Å². The van der Waals surface area contributed by atoms with Crippen LogP contribution < -0.4 is 5.32 Å². The topological polar surface area (TPSA) is 51.2 Å². The highest BCUT2D eigenvalue weighted by Crippen LogP contribution is 2.10. The van der Waals surface area contributed by atoms with Gasteiger partial charge in [0.05, 0.1) is 0 Å². The zero-order chi connectivity index (χ0) is 12.2. The first-order valence-electron chi connectivity index (χ1n) is 4.83. The molecule has 0 radical (unpaired) electrons. The van der Waals surface area contributed by atoms with Gasteiger partial charge in [-0.3, -0.25) is 5.32 Å². The fourth-order valence-electron chi connectivity index (χ4n) is 0.997. The highest BCUT2D eigenvalue weighted by Gasteiger charge is 2.16. The van der Waals surface area contributed by atoms with Gasteiger partial charge in [0.15, 0.2) is 0 Å². The second-order valence-corrected chi connectivity index (χ2v) is 4.20. The molecule has 84 valence electrons. The molecular formula is C12H14N2O2. The van der Waals surface area contributed by atoms with Crippen LogP contribution in [0.25, 0.3) is 0 Å². The van der Waals surface area contributed by atoms with Crippen molar-refractivity contribution in [2.75, 3.05) is 5.32 Å². The Bertz CT molecular complexity index is 427. The summed E-state index contributed by atoms with van der Waals surface area (Å²) in [4.78, 5) is 15.4. The van der Waals surface area contributed by atoms with Gasteiger partial charge in [0.1, 0.15) is 11.4 Å². The maximum Gasteiger partial charge on any atom is 0.413 e. The smallest absolute Gasteiger partial charge is 0.413 e. The molecular weight excluding hydrogens is 204 g/mol. The molecule has 0 unspecified atom stereocenters. The van der Waals surface area contributed by atoms with Crippen LogP contribution in [0, 0.1) is 12.3 Å². The third kappa shape index (κ3) is 4.01. The molecule has 0 fully saturated rings. The van der Waals surface area contributed by atoms with Crippen molar-refractivity contribution < 1.29 is 9.53 Å². The van der Waals surface area contributed by atoms with Gasteiger partial charge >= 0.3 is 6.09 Å². The van der Waals surface area contributed by atoms with Gasteiger partial charge in [-0.15, -0.1) is 6.42 Å². The Balaban J connectivity index is 2.67. The number of carbonyl (C=O) groups is 1. The average Bonchev–Trinajstić information content (AvgIpc) is 2.15. The molecule has 0 aliphatic rings. The predicted molar refractivity (Wildman–Crippen MR) is 62.0 cm³/mol. The van der Waals surface area contributed by atoms with E-state index in [1.165, 1.54) is 6.20 Å². The van der Waals surface area contributed by atoms with Crippen LogP contribution in [-0.4, -0.2) is 16.7 Å². The van der Waals surface area contributed by atoms with E-state index < -0.39 is 11.7 Å². The molecule has 1 N–H and O–H groups in total. The first-order chi connectivity index (χ1) is 7.40. The van der Waals surface area contributed by atoms with Gasteiger partial charge < -0.3 is 4.74 Å². The number of nitrogens with zero attached hydrogens (tertiary/aromatic N) is 1. The van der Waals surface area contributed by atoms with Crippen LogP contribution in [0.2, 0.25) is 0 Å². The Morgan fingerprint density at radius 2 is 2.25 bits per heavy atom. The Kier molecular flexibility index (Phi) is 3.51. The first-order valence-corrected chi connectivity index (χ1v) is 4.83. The number of rotatable bonds is 1. The lowest BCUT2D eigenvalue weighted by Gasteiger charge is -2.19. The van der Waals surface area contributed by atoms with Crippen LogP contribution >= 0.6 is 0 Å². The second kappa shape index (κ2) is 4.67. The maximum atomic E-state index is 11.4. The zero-order valence-corrected chi connectivity index (χ0v) is 9.57. The predicted octanol–water partition coefficient (Wildman–Crippen LogP) is 2.41. The lowest BCUT2D eigenvalue weighted by molar-refractivity contribution is 0.0635. The number of nitrogens with one attached hydrogen (secondary N) is 1. The van der Waals surface area contributed by atoms with Crippen molar-refractivity contribution in [1.82, 2.24) is 4.98 Å². The van der Waals surface area contributed by atoms with Crippen molar-refractivity contribution in [3.8, 4) is 12.3 Å². The summed E-state index contributed by atoms with van der Waals surface area (Å²) in [6.45, 7) is 5.37. The molecule has 4 nitrogen and oxygen atoms in total. The molecule has 1 heterocycles. The SMILES string of the molecule is C#Cc1ccnc(NC(=O)OC(C)(C)C)c1. The van der Waals surface area contributed by atoms with Crippen molar-refractivity contribution >= 4 is 11.9 Å². The Morgan fingerprint density at radius 3 is 2.81 bits per heavy atom. The molecule has 0 spiro atoms. The average molecular weight is 218 g/mol. The number of carbonyl (C=O) groups excluding carboxylic acids is 1. The molecule has 0 aromatic carbocycles. The van der Waals surface area contributed by atoms with Gasteiger partial charge in [0.2, 0.25) is 0 Å². The number of hydrogen-bond donors (Lipinski definition) is 1. The summed E-state index contributed by atoms with van der Waals surface area (Å²) in [7, 11) is 0. The second-order valence-electron chi connectivity index (χ2n) is 4.20. The van der Waals surface area contributed by atoms with Crippen molar-refractivity contribution in [2.45, 2.75) is 26.4 Å². The summed E-state index contributed by atoms with van der Waals surface area (Å²) >= 11 is 0. The third-order valence-corrected chi connectivity index (χ3v) is 1.56. The lowest BCUT2D eigenvalue weighted by Crippen LogP contribution is -2.27. The molecule has 0 saturated heterocycles. The van der Waals surface area contributed by atoms with E-state index in [1.807, 2.05) is 0 Å². The largest absolute Gasteiger partial charge is 0.444 e. The standard InChI is InChI=1S/C12H14N2O2/c1-5-9-6-7-13-10(8-9)14-11(15)16-12(2,3)4/h1,6-8H,2-4H3,(H,13,14,15). The minimum atomic E-state index is -0.547. The Labute approximate surface area is 95.0 Å². The Hall–Kier alpha value is -2.02. The summed E-state index contributed by atoms with van der Waals surface area (Å²) in [5.41, 5.74) is 0.120. The van der Waals surface area contributed by atoms with Crippen molar-refractivity contribution in [3.05, 3.63) is 23.9 Å². The molecule has 16 heavy (non-hydrogen) atoms. The summed E-state index contributed by atoms with van der Waals surface area (Å²) < 4.78 is 5.07. The van der Waals surface area contributed by atoms with E-state index in [0.29, 0.717) is 11.4 Å². The third-order valence-electron chi connectivity index (χ3n) is 1.56. The molecule has 0 atom stereocenters. The van der Waals surface area contributed by atoms with E-state index in [1.54, 1.807) is 32.9 Å². The van der Waals surface area contributed by atoms with Crippen molar-refractivity contribution in [1.29, 1.82) is 0 Å². The molecule has 4 heteroatoms. The van der Waals surface area contributed by atoms with Gasteiger partial charge in [-0.25, -0.2) is 9.78 Å². The van der Waals surface area contributed by atoms with E-state index in [9.17, 15) is 4.79 Å². The number of amides is 1. The monoisotopic (exact) mass is 218 g/mol. The van der Waals surface area contributed by atoms with Crippen LogP contribution in [0.3, 0.4) is 0 Å². The molecule has 0 aliphatic carbocycles. The summed E-state index contributed by atoms with van der Waals surface area (Å²) in [5.74, 6) is 2.84. The van der Waals surface area contributed by atoms with E-state index in [-0.39, 0.29) is 0 Å². The minimum Gasteiger partial charge on any atom is -0.444 e. The number of pyridine rings is 1. The van der Waals surface area contributed by atoms with E-state index >= 15 is 0 Å². The van der Waals surface area contributed by atoms with Crippen LogP contribution in [0.5, 0.6) is 0 Å². The fourth-order valence-corrected chi connectivity index (χ4v) is 0.997. The number of aromatic nitrogens is 1. The minimum absolute atomic E-state index is 0.379. The van der Waals surface area contributed by atoms with E-state index in [0.717, 1.165) is 0 Å². The molecule has 1 amide bonds. The summed E-state index contributed by atoms with van der Waals surface area (Å²) in [6.07, 6.45) is 6.21. The fraction of sp³-hybridized carbons (Fsp3) is 0.333. The lowest BCUT2D eigenvalue weighted by atomic mass is 10.2. The van der Waals surface area contributed by atoms with Gasteiger partial charge in [-0.05, 0) is 32.9 Å². The van der Waals surface area contributed by atoms with E-state index in [4.69, 9.17) is 11.2 Å². The van der Waals surface area contributed by atoms with E-state index in [2.05, 4.69) is 16.2 Å². The molecule has 0 saturated carbocycles. The van der Waals surface area contributed by atoms with Crippen molar-refractivity contribution in [2.24, 2.45) is 0 Å². The van der Waals surface area contributed by atoms with Crippen LogP contribution in [0.15, 0.2) is 18.3 Å². The van der Waals surface area contributed by atoms with Gasteiger partial charge in [-0.2, -0.15) is 0 Å². The molecule has 0 aliphatic heterocycles. The number of ether oxygens (including phenoxy) is 1. The molecule has 1 aromatic rings. The quantitative estimate of drug-likeness (QED) is 0.736. The number of terminal acetylenes is 1.